The third kappa shape index (κ3) is 6.81. The predicted molar refractivity (Wildman–Crippen MR) is 151 cm³/mol. The van der Waals surface area contributed by atoms with Crippen LogP contribution in [0.15, 0.2) is 43.1 Å². The van der Waals surface area contributed by atoms with Gasteiger partial charge in [0.25, 0.3) is 0 Å². The lowest BCUT2D eigenvalue weighted by atomic mass is 9.65. The van der Waals surface area contributed by atoms with E-state index >= 15 is 0 Å². The Kier molecular flexibility index (Phi) is 9.07. The Labute approximate surface area is 246 Å². The van der Waals surface area contributed by atoms with E-state index in [4.69, 9.17) is 16.7 Å². The molecule has 0 atom stereocenters. The van der Waals surface area contributed by atoms with Crippen LogP contribution in [0.2, 0.25) is 5.28 Å². The van der Waals surface area contributed by atoms with Crippen molar-refractivity contribution in [1.82, 2.24) is 45.3 Å². The molecule has 11 nitrogen and oxygen atoms in total. The second-order valence-electron chi connectivity index (χ2n) is 9.03. The highest BCUT2D eigenvalue weighted by Gasteiger charge is 2.48. The van der Waals surface area contributed by atoms with E-state index in [0.717, 1.165) is 16.3 Å². The summed E-state index contributed by atoms with van der Waals surface area (Å²) in [7, 11) is 0. The van der Waals surface area contributed by atoms with Gasteiger partial charge in [-0.25, -0.2) is 28.7 Å². The summed E-state index contributed by atoms with van der Waals surface area (Å²) in [5, 5.41) is 29.4. The molecule has 0 spiro atoms. The molecule has 1 aliphatic rings. The Morgan fingerprint density at radius 2 is 1.63 bits per heavy atom. The first kappa shape index (κ1) is 28.9. The molecule has 0 amide bonds. The lowest BCUT2D eigenvalue weighted by molar-refractivity contribution is 0.0963. The van der Waals surface area contributed by atoms with Crippen molar-refractivity contribution < 1.29 is 13.9 Å². The summed E-state index contributed by atoms with van der Waals surface area (Å²) in [5.74, 6) is -0.181. The number of hydrogen-bond donors (Lipinski definition) is 2. The van der Waals surface area contributed by atoms with E-state index < -0.39 is 17.4 Å². The van der Waals surface area contributed by atoms with Crippen molar-refractivity contribution in [1.29, 1.82) is 0 Å². The van der Waals surface area contributed by atoms with Gasteiger partial charge in [-0.1, -0.05) is 6.92 Å². The van der Waals surface area contributed by atoms with Gasteiger partial charge in [0.2, 0.25) is 11.2 Å². The van der Waals surface area contributed by atoms with Gasteiger partial charge < -0.3 is 10.4 Å². The SMILES string of the molecule is CCc1cnc(-c2cnc(Cl)nn2)s1.OCc1cnc(-c2cnc(NCC3(c4ncccc4F)CC(F)C3)nn2)s1. The van der Waals surface area contributed by atoms with Crippen LogP contribution in [0.3, 0.4) is 0 Å². The number of rotatable bonds is 8. The van der Waals surface area contributed by atoms with E-state index in [1.165, 1.54) is 40.7 Å². The molecule has 1 saturated carbocycles. The number of aliphatic hydroxyl groups excluding tert-OH is 1. The molecule has 2 N–H and O–H groups in total. The first-order valence-corrected chi connectivity index (χ1v) is 14.4. The lowest BCUT2D eigenvalue weighted by Gasteiger charge is -2.43. The molecule has 0 aliphatic heterocycles. The quantitative estimate of drug-likeness (QED) is 0.249. The topological polar surface area (TPSA) is 148 Å². The van der Waals surface area contributed by atoms with Crippen molar-refractivity contribution in [2.45, 2.75) is 44.4 Å². The molecule has 5 aromatic rings. The minimum Gasteiger partial charge on any atom is -0.391 e. The molecule has 1 fully saturated rings. The zero-order chi connectivity index (χ0) is 28.8. The highest BCUT2D eigenvalue weighted by Crippen LogP contribution is 2.45. The summed E-state index contributed by atoms with van der Waals surface area (Å²) in [6.07, 6.45) is 8.42. The summed E-state index contributed by atoms with van der Waals surface area (Å²) < 4.78 is 27.7. The third-order valence-corrected chi connectivity index (χ3v) is 8.56. The van der Waals surface area contributed by atoms with Gasteiger partial charge in [-0.15, -0.1) is 43.1 Å². The summed E-state index contributed by atoms with van der Waals surface area (Å²) >= 11 is 8.43. The molecule has 0 aromatic carbocycles. The van der Waals surface area contributed by atoms with Crippen LogP contribution in [-0.4, -0.2) is 63.1 Å². The Morgan fingerprint density at radius 3 is 2.17 bits per heavy atom. The third-order valence-electron chi connectivity index (χ3n) is 6.22. The van der Waals surface area contributed by atoms with Crippen molar-refractivity contribution >= 4 is 40.2 Å². The number of thiazole rings is 2. The second-order valence-corrected chi connectivity index (χ2v) is 11.6. The molecule has 5 aromatic heterocycles. The van der Waals surface area contributed by atoms with Crippen LogP contribution in [0.1, 0.15) is 35.2 Å². The average molecular weight is 617 g/mol. The van der Waals surface area contributed by atoms with Gasteiger partial charge in [-0.3, -0.25) is 4.98 Å². The fourth-order valence-corrected chi connectivity index (χ4v) is 5.75. The summed E-state index contributed by atoms with van der Waals surface area (Å²) in [6, 6.07) is 2.84. The molecule has 212 valence electrons. The Morgan fingerprint density at radius 1 is 0.951 bits per heavy atom. The van der Waals surface area contributed by atoms with Crippen LogP contribution in [0.5, 0.6) is 0 Å². The molecular weight excluding hydrogens is 594 g/mol. The molecule has 0 saturated heterocycles. The largest absolute Gasteiger partial charge is 0.391 e. The van der Waals surface area contributed by atoms with Crippen LogP contribution in [0.4, 0.5) is 14.7 Å². The van der Waals surface area contributed by atoms with Gasteiger partial charge >= 0.3 is 0 Å². The van der Waals surface area contributed by atoms with Crippen LogP contribution in [0, 0.1) is 5.82 Å². The standard InChI is InChI=1S/C17H16F2N6OS.C8H7ClN4S/c18-10-4-17(5-10,14-12(19)2-1-3-20-14)9-23-16-22-7-13(24-25-16)15-21-6-11(8-26)27-15;1-2-5-3-10-7(14-5)6-4-11-8(9)13-12-6/h1-3,6-7,10,26H,4-5,8-9H2,(H,22,23,25);3-4H,2H2,1H3. The predicted octanol–water partition coefficient (Wildman–Crippen LogP) is 4.71. The smallest absolute Gasteiger partial charge is 0.242 e. The number of hydrogen-bond acceptors (Lipinski definition) is 13. The lowest BCUT2D eigenvalue weighted by Crippen LogP contribution is -2.49. The fraction of sp³-hybridized carbons (Fsp3) is 0.320. The maximum atomic E-state index is 14.2. The van der Waals surface area contributed by atoms with Gasteiger partial charge in [0, 0.05) is 35.4 Å². The van der Waals surface area contributed by atoms with Crippen LogP contribution in [0.25, 0.3) is 21.4 Å². The molecule has 0 bridgehead atoms. The molecule has 5 heterocycles. The normalized spacial score (nSPS) is 17.8. The molecule has 41 heavy (non-hydrogen) atoms. The van der Waals surface area contributed by atoms with Gasteiger partial charge in [-0.05, 0) is 43.0 Å². The first-order valence-electron chi connectivity index (χ1n) is 12.4. The minimum atomic E-state index is -0.972. The van der Waals surface area contributed by atoms with E-state index in [0.29, 0.717) is 16.4 Å². The number of halogens is 3. The first-order chi connectivity index (χ1) is 19.9. The molecule has 1 aliphatic carbocycles. The van der Waals surface area contributed by atoms with Crippen LogP contribution < -0.4 is 5.32 Å². The maximum Gasteiger partial charge on any atom is 0.242 e. The van der Waals surface area contributed by atoms with Gasteiger partial charge in [0.05, 0.1) is 29.6 Å². The van der Waals surface area contributed by atoms with E-state index in [2.05, 4.69) is 57.6 Å². The van der Waals surface area contributed by atoms with E-state index in [9.17, 15) is 8.78 Å². The highest BCUT2D eigenvalue weighted by molar-refractivity contribution is 7.15. The molecule has 16 heteroatoms. The van der Waals surface area contributed by atoms with Crippen LogP contribution >= 0.6 is 34.3 Å². The number of alkyl halides is 1. The Hall–Kier alpha value is -3.66. The number of anilines is 1. The molecule has 0 unspecified atom stereocenters. The average Bonchev–Trinajstić information content (AvgIpc) is 3.66. The molecule has 0 radical (unpaired) electrons. The second kappa shape index (κ2) is 12.9. The maximum absolute atomic E-state index is 14.2. The summed E-state index contributed by atoms with van der Waals surface area (Å²) in [5.41, 5.74) is 0.690. The minimum absolute atomic E-state index is 0.0834. The van der Waals surface area contributed by atoms with Crippen molar-refractivity contribution in [3.05, 3.63) is 69.7 Å². The monoisotopic (exact) mass is 616 g/mol. The number of aryl methyl sites for hydroxylation is 1. The van der Waals surface area contributed by atoms with Gasteiger partial charge in [0.1, 0.15) is 33.4 Å². The Balaban J connectivity index is 0.000000202. The highest BCUT2D eigenvalue weighted by atomic mass is 35.5. The number of nitrogens with one attached hydrogen (secondary N) is 1. The molecule has 6 rings (SSSR count). The van der Waals surface area contributed by atoms with Gasteiger partial charge in [-0.2, -0.15) is 0 Å². The van der Waals surface area contributed by atoms with E-state index in [1.807, 2.05) is 6.20 Å². The number of aromatic nitrogens is 9. The van der Waals surface area contributed by atoms with Crippen molar-refractivity contribution in [3.8, 4) is 21.4 Å². The van der Waals surface area contributed by atoms with E-state index in [-0.39, 0.29) is 42.9 Å². The molecular formula is C25H23ClF2N10OS2. The van der Waals surface area contributed by atoms with Crippen molar-refractivity contribution in [2.24, 2.45) is 0 Å². The fourth-order valence-electron chi connectivity index (χ4n) is 4.14. The number of nitrogens with zero attached hydrogens (tertiary/aromatic N) is 9. The number of pyridine rings is 1. The van der Waals surface area contributed by atoms with Crippen molar-refractivity contribution in [3.63, 3.8) is 0 Å². The van der Waals surface area contributed by atoms with Gasteiger partial charge in [0.15, 0.2) is 0 Å². The van der Waals surface area contributed by atoms with E-state index in [1.54, 1.807) is 23.7 Å². The number of aliphatic hydroxyl groups is 1. The van der Waals surface area contributed by atoms with Crippen molar-refractivity contribution in [2.75, 3.05) is 11.9 Å². The summed E-state index contributed by atoms with van der Waals surface area (Å²) in [6.45, 7) is 2.26. The van der Waals surface area contributed by atoms with Crippen LogP contribution in [-0.2, 0) is 18.4 Å². The zero-order valence-corrected chi connectivity index (χ0v) is 24.0. The Bertz CT molecular complexity index is 1580. The summed E-state index contributed by atoms with van der Waals surface area (Å²) in [4.78, 5) is 22.5. The zero-order valence-electron chi connectivity index (χ0n) is 21.6.